The minimum atomic E-state index is -3.60. The van der Waals surface area contributed by atoms with Gasteiger partial charge in [-0.1, -0.05) is 31.2 Å². The van der Waals surface area contributed by atoms with Crippen LogP contribution in [0.25, 0.3) is 0 Å². The third-order valence-corrected chi connectivity index (χ3v) is 4.68. The van der Waals surface area contributed by atoms with Crippen LogP contribution in [-0.2, 0) is 29.5 Å². The number of nitrogens with one attached hydrogen (secondary N) is 3. The highest BCUT2D eigenvalue weighted by atomic mass is 32.2. The van der Waals surface area contributed by atoms with E-state index in [0.717, 1.165) is 17.5 Å². The van der Waals surface area contributed by atoms with E-state index in [1.165, 1.54) is 6.20 Å². The normalized spacial score (nSPS) is 11.7. The molecule has 0 saturated heterocycles. The summed E-state index contributed by atoms with van der Waals surface area (Å²) in [5.74, 6) is 0. The van der Waals surface area contributed by atoms with Crippen LogP contribution in [0.2, 0.25) is 0 Å². The lowest BCUT2D eigenvalue weighted by Crippen LogP contribution is -2.25. The molecule has 0 fully saturated rings. The molecule has 0 unspecified atom stereocenters. The second kappa shape index (κ2) is 6.84. The molecular weight excluding hydrogens is 288 g/mol. The monoisotopic (exact) mass is 308 g/mol. The molecule has 0 aliphatic rings. The molecule has 0 aliphatic carbocycles. The highest BCUT2D eigenvalue weighted by Gasteiger charge is 2.20. The molecule has 114 valence electrons. The van der Waals surface area contributed by atoms with Crippen molar-refractivity contribution in [2.24, 2.45) is 0 Å². The Bertz CT molecular complexity index is 695. The Labute approximate surface area is 125 Å². The second-order valence-electron chi connectivity index (χ2n) is 4.70. The average molecular weight is 308 g/mol. The van der Waals surface area contributed by atoms with Crippen LogP contribution in [0.1, 0.15) is 23.6 Å². The molecule has 7 heteroatoms. The van der Waals surface area contributed by atoms with E-state index in [-0.39, 0.29) is 11.6 Å². The van der Waals surface area contributed by atoms with Crippen LogP contribution >= 0.6 is 0 Å². The largest absolute Gasteiger partial charge is 0.316 e. The molecule has 3 N–H and O–H groups in total. The van der Waals surface area contributed by atoms with Crippen LogP contribution < -0.4 is 10.0 Å². The summed E-state index contributed by atoms with van der Waals surface area (Å²) in [6.45, 7) is 2.76. The van der Waals surface area contributed by atoms with Gasteiger partial charge in [-0.05, 0) is 24.6 Å². The van der Waals surface area contributed by atoms with Gasteiger partial charge in [0, 0.05) is 18.7 Å². The van der Waals surface area contributed by atoms with Gasteiger partial charge in [0.1, 0.15) is 0 Å². The van der Waals surface area contributed by atoms with E-state index in [1.54, 1.807) is 7.05 Å². The minimum Gasteiger partial charge on any atom is -0.316 e. The first-order chi connectivity index (χ1) is 10.1. The molecule has 1 aromatic carbocycles. The van der Waals surface area contributed by atoms with Crippen LogP contribution in [0.4, 0.5) is 0 Å². The fraction of sp³-hybridized carbons (Fsp3) is 0.357. The summed E-state index contributed by atoms with van der Waals surface area (Å²) < 4.78 is 27.3. The van der Waals surface area contributed by atoms with Gasteiger partial charge in [-0.2, -0.15) is 5.10 Å². The summed E-state index contributed by atoms with van der Waals surface area (Å²) >= 11 is 0. The zero-order chi connectivity index (χ0) is 15.3. The summed E-state index contributed by atoms with van der Waals surface area (Å²) in [7, 11) is -1.84. The highest BCUT2D eigenvalue weighted by Crippen LogP contribution is 2.14. The number of aromatic amines is 1. The zero-order valence-corrected chi connectivity index (χ0v) is 13.0. The third kappa shape index (κ3) is 3.69. The SMILES string of the molecule is CCc1ccccc1CNS(=O)(=O)c1[nH]ncc1CNC. The zero-order valence-electron chi connectivity index (χ0n) is 12.2. The molecule has 0 atom stereocenters. The van der Waals surface area contributed by atoms with Crippen molar-refractivity contribution in [3.63, 3.8) is 0 Å². The number of hydrogen-bond donors (Lipinski definition) is 3. The van der Waals surface area contributed by atoms with Crippen molar-refractivity contribution < 1.29 is 8.42 Å². The summed E-state index contributed by atoms with van der Waals surface area (Å²) in [4.78, 5) is 0. The van der Waals surface area contributed by atoms with E-state index in [4.69, 9.17) is 0 Å². The number of rotatable bonds is 7. The highest BCUT2D eigenvalue weighted by molar-refractivity contribution is 7.89. The van der Waals surface area contributed by atoms with Gasteiger partial charge in [0.15, 0.2) is 5.03 Å². The molecular formula is C14H20N4O2S. The van der Waals surface area contributed by atoms with Gasteiger partial charge >= 0.3 is 0 Å². The first-order valence-corrected chi connectivity index (χ1v) is 8.30. The van der Waals surface area contributed by atoms with Gasteiger partial charge in [0.2, 0.25) is 0 Å². The molecule has 0 amide bonds. The van der Waals surface area contributed by atoms with Crippen LogP contribution in [0.5, 0.6) is 0 Å². The Kier molecular flexibility index (Phi) is 5.11. The number of sulfonamides is 1. The maximum atomic E-state index is 12.4. The van der Waals surface area contributed by atoms with Gasteiger partial charge in [0.25, 0.3) is 10.0 Å². The summed E-state index contributed by atoms with van der Waals surface area (Å²) in [5, 5.41) is 9.41. The Morgan fingerprint density at radius 1 is 1.14 bits per heavy atom. The Balaban J connectivity index is 2.16. The second-order valence-corrected chi connectivity index (χ2v) is 6.41. The van der Waals surface area contributed by atoms with Crippen molar-refractivity contribution in [3.8, 4) is 0 Å². The lowest BCUT2D eigenvalue weighted by molar-refractivity contribution is 0.574. The van der Waals surface area contributed by atoms with E-state index < -0.39 is 10.0 Å². The third-order valence-electron chi connectivity index (χ3n) is 3.27. The van der Waals surface area contributed by atoms with E-state index >= 15 is 0 Å². The van der Waals surface area contributed by atoms with E-state index in [1.807, 2.05) is 31.2 Å². The summed E-state index contributed by atoms with van der Waals surface area (Å²) in [5.41, 5.74) is 2.74. The van der Waals surface area contributed by atoms with Gasteiger partial charge in [0.05, 0.1) is 6.20 Å². The summed E-state index contributed by atoms with van der Waals surface area (Å²) in [6.07, 6.45) is 2.39. The van der Waals surface area contributed by atoms with E-state index in [9.17, 15) is 8.42 Å². The van der Waals surface area contributed by atoms with Gasteiger partial charge < -0.3 is 5.32 Å². The van der Waals surface area contributed by atoms with Gasteiger partial charge in [-0.25, -0.2) is 13.1 Å². The van der Waals surface area contributed by atoms with Crippen LogP contribution in [0.15, 0.2) is 35.5 Å². The number of hydrogen-bond acceptors (Lipinski definition) is 4. The number of aromatic nitrogens is 2. The van der Waals surface area contributed by atoms with E-state index in [2.05, 4.69) is 20.2 Å². The Morgan fingerprint density at radius 2 is 1.86 bits per heavy atom. The summed E-state index contributed by atoms with van der Waals surface area (Å²) in [6, 6.07) is 7.80. The number of nitrogens with zero attached hydrogens (tertiary/aromatic N) is 1. The predicted octanol–water partition coefficient (Wildman–Crippen LogP) is 1.17. The molecule has 21 heavy (non-hydrogen) atoms. The first kappa shape index (κ1) is 15.7. The fourth-order valence-corrected chi connectivity index (χ4v) is 3.30. The molecule has 2 rings (SSSR count). The molecule has 0 bridgehead atoms. The quantitative estimate of drug-likeness (QED) is 0.716. The van der Waals surface area contributed by atoms with Crippen molar-refractivity contribution in [1.29, 1.82) is 0 Å². The average Bonchev–Trinajstić information content (AvgIpc) is 2.95. The predicted molar refractivity (Wildman–Crippen MR) is 81.2 cm³/mol. The molecule has 0 radical (unpaired) electrons. The molecule has 0 saturated carbocycles. The van der Waals surface area contributed by atoms with Crippen LogP contribution in [0.3, 0.4) is 0 Å². The van der Waals surface area contributed by atoms with Crippen LogP contribution in [-0.4, -0.2) is 25.7 Å². The number of benzene rings is 1. The fourth-order valence-electron chi connectivity index (χ4n) is 2.17. The van der Waals surface area contributed by atoms with Crippen LogP contribution in [0, 0.1) is 0 Å². The van der Waals surface area contributed by atoms with Crippen molar-refractivity contribution in [3.05, 3.63) is 47.2 Å². The van der Waals surface area contributed by atoms with E-state index in [0.29, 0.717) is 12.1 Å². The molecule has 6 nitrogen and oxygen atoms in total. The number of H-pyrrole nitrogens is 1. The molecule has 2 aromatic rings. The molecule has 1 heterocycles. The van der Waals surface area contributed by atoms with Crippen molar-refractivity contribution >= 4 is 10.0 Å². The van der Waals surface area contributed by atoms with Crippen molar-refractivity contribution in [1.82, 2.24) is 20.2 Å². The lowest BCUT2D eigenvalue weighted by Gasteiger charge is -2.10. The Hall–Kier alpha value is -1.70. The first-order valence-electron chi connectivity index (χ1n) is 6.81. The van der Waals surface area contributed by atoms with Crippen molar-refractivity contribution in [2.75, 3.05) is 7.05 Å². The number of aryl methyl sites for hydroxylation is 1. The maximum Gasteiger partial charge on any atom is 0.258 e. The van der Waals surface area contributed by atoms with Gasteiger partial charge in [-0.3, -0.25) is 5.10 Å². The Morgan fingerprint density at radius 3 is 2.52 bits per heavy atom. The molecule has 0 spiro atoms. The standard InChI is InChI=1S/C14H20N4O2S/c1-3-11-6-4-5-7-12(11)10-17-21(19,20)14-13(8-15-2)9-16-18-14/h4-7,9,15,17H,3,8,10H2,1-2H3,(H,16,18). The van der Waals surface area contributed by atoms with Gasteiger partial charge in [-0.15, -0.1) is 0 Å². The minimum absolute atomic E-state index is 0.117. The molecule has 0 aliphatic heterocycles. The molecule has 1 aromatic heterocycles. The lowest BCUT2D eigenvalue weighted by atomic mass is 10.1. The topological polar surface area (TPSA) is 86.9 Å². The van der Waals surface area contributed by atoms with Crippen molar-refractivity contribution in [2.45, 2.75) is 31.5 Å². The smallest absolute Gasteiger partial charge is 0.258 e. The maximum absolute atomic E-state index is 12.4.